The number of hydrogen-bond donors (Lipinski definition) is 0. The number of aryl methyl sites for hydroxylation is 1. The summed E-state index contributed by atoms with van der Waals surface area (Å²) in [5, 5.41) is 0.255. The lowest BCUT2D eigenvalue weighted by atomic mass is 10.3. The standard InChI is InChI=1S/C7H8ClN3/c1-5-3-10-7(8)11-6(5)4-9-2/h3-4H,1-2H3/b9-4-. The number of rotatable bonds is 1. The number of nitrogens with zero attached hydrogens (tertiary/aromatic N) is 3. The van der Waals surface area contributed by atoms with Crippen LogP contribution in [0.2, 0.25) is 5.28 Å². The SMILES string of the molecule is C/N=C\c1nc(Cl)ncc1C. The molecule has 58 valence electrons. The smallest absolute Gasteiger partial charge is 0.222 e. The Hall–Kier alpha value is -0.960. The third-order valence-corrected chi connectivity index (χ3v) is 1.41. The summed E-state index contributed by atoms with van der Waals surface area (Å²) in [7, 11) is 1.69. The fraction of sp³-hybridized carbons (Fsp3) is 0.286. The molecule has 0 aliphatic carbocycles. The molecule has 0 spiro atoms. The summed E-state index contributed by atoms with van der Waals surface area (Å²) in [5.74, 6) is 0. The topological polar surface area (TPSA) is 38.1 Å². The predicted octanol–water partition coefficient (Wildman–Crippen LogP) is 1.49. The van der Waals surface area contributed by atoms with Gasteiger partial charge in [0.05, 0.1) is 5.69 Å². The van der Waals surface area contributed by atoms with Crippen molar-refractivity contribution >= 4 is 17.8 Å². The average molecular weight is 170 g/mol. The van der Waals surface area contributed by atoms with E-state index in [0.29, 0.717) is 0 Å². The second kappa shape index (κ2) is 3.44. The van der Waals surface area contributed by atoms with Crippen molar-refractivity contribution < 1.29 is 0 Å². The van der Waals surface area contributed by atoms with Crippen molar-refractivity contribution in [2.75, 3.05) is 7.05 Å². The largest absolute Gasteiger partial charge is 0.294 e. The van der Waals surface area contributed by atoms with Crippen LogP contribution in [-0.4, -0.2) is 23.2 Å². The summed E-state index contributed by atoms with van der Waals surface area (Å²) in [6.45, 7) is 1.91. The highest BCUT2D eigenvalue weighted by atomic mass is 35.5. The van der Waals surface area contributed by atoms with E-state index in [4.69, 9.17) is 11.6 Å². The van der Waals surface area contributed by atoms with E-state index >= 15 is 0 Å². The number of hydrogen-bond acceptors (Lipinski definition) is 3. The minimum absolute atomic E-state index is 0.255. The summed E-state index contributed by atoms with van der Waals surface area (Å²) < 4.78 is 0. The molecule has 0 amide bonds. The molecular formula is C7H8ClN3. The van der Waals surface area contributed by atoms with Crippen molar-refractivity contribution in [3.05, 3.63) is 22.7 Å². The van der Waals surface area contributed by atoms with E-state index in [0.717, 1.165) is 11.3 Å². The molecule has 3 nitrogen and oxygen atoms in total. The Morgan fingerprint density at radius 1 is 1.64 bits per heavy atom. The zero-order valence-electron chi connectivity index (χ0n) is 6.37. The third kappa shape index (κ3) is 1.98. The van der Waals surface area contributed by atoms with E-state index in [1.165, 1.54) is 0 Å². The van der Waals surface area contributed by atoms with E-state index in [9.17, 15) is 0 Å². The Morgan fingerprint density at radius 3 is 3.00 bits per heavy atom. The van der Waals surface area contributed by atoms with Gasteiger partial charge in [0.2, 0.25) is 5.28 Å². The fourth-order valence-electron chi connectivity index (χ4n) is 0.686. The molecule has 1 heterocycles. The highest BCUT2D eigenvalue weighted by Crippen LogP contribution is 2.04. The molecule has 0 atom stereocenters. The highest BCUT2D eigenvalue weighted by Gasteiger charge is 1.97. The molecule has 4 heteroatoms. The van der Waals surface area contributed by atoms with E-state index in [2.05, 4.69) is 15.0 Å². The lowest BCUT2D eigenvalue weighted by molar-refractivity contribution is 1.11. The maximum atomic E-state index is 5.57. The van der Waals surface area contributed by atoms with Gasteiger partial charge in [-0.1, -0.05) is 0 Å². The van der Waals surface area contributed by atoms with Gasteiger partial charge in [0.15, 0.2) is 0 Å². The van der Waals surface area contributed by atoms with Gasteiger partial charge in [-0.05, 0) is 24.1 Å². The molecule has 0 N–H and O–H groups in total. The van der Waals surface area contributed by atoms with Crippen LogP contribution in [0, 0.1) is 6.92 Å². The summed E-state index contributed by atoms with van der Waals surface area (Å²) >= 11 is 5.57. The van der Waals surface area contributed by atoms with Crippen LogP contribution in [0.5, 0.6) is 0 Å². The third-order valence-electron chi connectivity index (χ3n) is 1.23. The second-order valence-electron chi connectivity index (χ2n) is 2.09. The molecule has 1 aromatic rings. The highest BCUT2D eigenvalue weighted by molar-refractivity contribution is 6.28. The molecule has 0 fully saturated rings. The second-order valence-corrected chi connectivity index (χ2v) is 2.43. The van der Waals surface area contributed by atoms with Crippen molar-refractivity contribution in [1.29, 1.82) is 0 Å². The molecule has 0 radical (unpaired) electrons. The van der Waals surface area contributed by atoms with Crippen molar-refractivity contribution in [3.63, 3.8) is 0 Å². The number of aliphatic imine (C=N–C) groups is 1. The first-order valence-corrected chi connectivity index (χ1v) is 3.53. The first-order chi connectivity index (χ1) is 5.24. The fourth-order valence-corrected chi connectivity index (χ4v) is 0.825. The number of aromatic nitrogens is 2. The lowest BCUT2D eigenvalue weighted by Crippen LogP contribution is -1.94. The van der Waals surface area contributed by atoms with Crippen LogP contribution >= 0.6 is 11.6 Å². The zero-order valence-corrected chi connectivity index (χ0v) is 7.13. The van der Waals surface area contributed by atoms with Gasteiger partial charge in [0.25, 0.3) is 0 Å². The van der Waals surface area contributed by atoms with Crippen molar-refractivity contribution in [2.24, 2.45) is 4.99 Å². The first-order valence-electron chi connectivity index (χ1n) is 3.15. The quantitative estimate of drug-likeness (QED) is 0.472. The van der Waals surface area contributed by atoms with Crippen molar-refractivity contribution in [2.45, 2.75) is 6.92 Å². The van der Waals surface area contributed by atoms with Gasteiger partial charge in [-0.25, -0.2) is 9.97 Å². The minimum atomic E-state index is 0.255. The van der Waals surface area contributed by atoms with Crippen LogP contribution in [0.15, 0.2) is 11.2 Å². The first kappa shape index (κ1) is 8.14. The van der Waals surface area contributed by atoms with Crippen LogP contribution in [-0.2, 0) is 0 Å². The normalized spacial score (nSPS) is 10.8. The van der Waals surface area contributed by atoms with Crippen molar-refractivity contribution in [1.82, 2.24) is 9.97 Å². The van der Waals surface area contributed by atoms with Gasteiger partial charge in [-0.15, -0.1) is 0 Å². The molecule has 0 aromatic carbocycles. The van der Waals surface area contributed by atoms with Crippen LogP contribution in [0.1, 0.15) is 11.3 Å². The van der Waals surface area contributed by atoms with Gasteiger partial charge < -0.3 is 0 Å². The summed E-state index contributed by atoms with van der Waals surface area (Å²) in [5.41, 5.74) is 1.74. The molecule has 1 rings (SSSR count). The lowest BCUT2D eigenvalue weighted by Gasteiger charge is -1.96. The molecule has 0 unspecified atom stereocenters. The van der Waals surface area contributed by atoms with Gasteiger partial charge in [0, 0.05) is 19.5 Å². The zero-order chi connectivity index (χ0) is 8.27. The van der Waals surface area contributed by atoms with Gasteiger partial charge in [0.1, 0.15) is 0 Å². The van der Waals surface area contributed by atoms with Gasteiger partial charge >= 0.3 is 0 Å². The Labute approximate surface area is 70.2 Å². The molecule has 0 saturated carbocycles. The van der Waals surface area contributed by atoms with E-state index in [1.54, 1.807) is 19.5 Å². The Bertz CT molecular complexity index is 283. The minimum Gasteiger partial charge on any atom is -0.294 e. The summed E-state index contributed by atoms with van der Waals surface area (Å²) in [6.07, 6.45) is 3.33. The summed E-state index contributed by atoms with van der Waals surface area (Å²) in [6, 6.07) is 0. The number of halogens is 1. The Kier molecular flexibility index (Phi) is 2.54. The molecule has 1 aromatic heterocycles. The molecule has 0 aliphatic rings. The maximum absolute atomic E-state index is 5.57. The molecule has 0 bridgehead atoms. The predicted molar refractivity (Wildman–Crippen MR) is 45.3 cm³/mol. The van der Waals surface area contributed by atoms with E-state index < -0.39 is 0 Å². The average Bonchev–Trinajstić information content (AvgIpc) is 1.98. The van der Waals surface area contributed by atoms with Crippen LogP contribution < -0.4 is 0 Å². The van der Waals surface area contributed by atoms with Gasteiger partial charge in [-0.3, -0.25) is 4.99 Å². The summed E-state index contributed by atoms with van der Waals surface area (Å²) in [4.78, 5) is 11.6. The Balaban J connectivity index is 3.12. The maximum Gasteiger partial charge on any atom is 0.222 e. The van der Waals surface area contributed by atoms with Crippen molar-refractivity contribution in [3.8, 4) is 0 Å². The molecule has 0 saturated heterocycles. The molecular weight excluding hydrogens is 162 g/mol. The van der Waals surface area contributed by atoms with E-state index in [1.807, 2.05) is 6.92 Å². The molecule has 0 aliphatic heterocycles. The van der Waals surface area contributed by atoms with Crippen LogP contribution in [0.4, 0.5) is 0 Å². The van der Waals surface area contributed by atoms with E-state index in [-0.39, 0.29) is 5.28 Å². The Morgan fingerprint density at radius 2 is 2.36 bits per heavy atom. The monoisotopic (exact) mass is 169 g/mol. The molecule has 11 heavy (non-hydrogen) atoms. The van der Waals surface area contributed by atoms with Crippen LogP contribution in [0.25, 0.3) is 0 Å². The van der Waals surface area contributed by atoms with Gasteiger partial charge in [-0.2, -0.15) is 0 Å². The van der Waals surface area contributed by atoms with Crippen LogP contribution in [0.3, 0.4) is 0 Å².